The molecule has 0 saturated heterocycles. The normalized spacial score (nSPS) is 10.5. The molecule has 1 N–H and O–H groups in total. The maximum absolute atomic E-state index is 12.4. The highest BCUT2D eigenvalue weighted by Crippen LogP contribution is 2.27. The van der Waals surface area contributed by atoms with Crippen LogP contribution in [-0.2, 0) is 13.6 Å². The molecule has 1 heterocycles. The first-order valence-electron chi connectivity index (χ1n) is 6.22. The third kappa shape index (κ3) is 3.69. The van der Waals surface area contributed by atoms with Crippen molar-refractivity contribution < 1.29 is 13.5 Å². The molecule has 1 aromatic carbocycles. The van der Waals surface area contributed by atoms with Crippen LogP contribution in [-0.4, -0.2) is 16.4 Å². The molecule has 0 bridgehead atoms. The minimum atomic E-state index is -2.92. The molecule has 0 spiro atoms. The Balaban J connectivity index is 2.20. The number of aromatic nitrogens is 2. The van der Waals surface area contributed by atoms with Gasteiger partial charge in [-0.25, -0.2) is 0 Å². The Morgan fingerprint density at radius 2 is 2.19 bits per heavy atom. The van der Waals surface area contributed by atoms with Crippen molar-refractivity contribution in [2.75, 3.05) is 5.32 Å². The van der Waals surface area contributed by atoms with E-state index in [1.54, 1.807) is 11.7 Å². The van der Waals surface area contributed by atoms with Crippen LogP contribution < -0.4 is 10.1 Å². The Bertz CT molecular complexity index is 676. The second-order valence-electron chi connectivity index (χ2n) is 4.46. The highest BCUT2D eigenvalue weighted by atomic mass is 19.3. The number of nitrogens with zero attached hydrogens (tertiary/aromatic N) is 3. The van der Waals surface area contributed by atoms with E-state index in [4.69, 9.17) is 5.26 Å². The molecule has 0 fully saturated rings. The molecule has 0 unspecified atom stereocenters. The molecule has 0 aliphatic heterocycles. The fraction of sp³-hybridized carbons (Fsp3) is 0.286. The van der Waals surface area contributed by atoms with E-state index in [-0.39, 0.29) is 5.75 Å². The van der Waals surface area contributed by atoms with Crippen LogP contribution in [0.4, 0.5) is 14.5 Å². The molecule has 0 amide bonds. The van der Waals surface area contributed by atoms with Gasteiger partial charge in [0.15, 0.2) is 0 Å². The van der Waals surface area contributed by atoms with Gasteiger partial charge >= 0.3 is 6.61 Å². The highest BCUT2D eigenvalue weighted by molar-refractivity contribution is 5.60. The van der Waals surface area contributed by atoms with Gasteiger partial charge in [0.2, 0.25) is 0 Å². The molecule has 110 valence electrons. The molecule has 1 aromatic heterocycles. The molecule has 2 aromatic rings. The van der Waals surface area contributed by atoms with Crippen molar-refractivity contribution in [3.05, 3.63) is 41.2 Å². The van der Waals surface area contributed by atoms with Gasteiger partial charge in [-0.05, 0) is 31.2 Å². The Hall–Kier alpha value is -2.62. The molecular weight excluding hydrogens is 278 g/mol. The summed E-state index contributed by atoms with van der Waals surface area (Å²) in [6.07, 6.45) is 0. The molecular formula is C14H14F2N4O. The number of aryl methyl sites for hydroxylation is 2. The zero-order valence-electron chi connectivity index (χ0n) is 11.6. The van der Waals surface area contributed by atoms with Crippen molar-refractivity contribution in [3.8, 4) is 11.8 Å². The Morgan fingerprint density at radius 3 is 2.76 bits per heavy atom. The summed E-state index contributed by atoms with van der Waals surface area (Å²) >= 11 is 0. The van der Waals surface area contributed by atoms with Gasteiger partial charge < -0.3 is 10.1 Å². The van der Waals surface area contributed by atoms with Crippen LogP contribution in [0.15, 0.2) is 24.3 Å². The fourth-order valence-electron chi connectivity index (χ4n) is 1.95. The molecule has 2 rings (SSSR count). The zero-order valence-corrected chi connectivity index (χ0v) is 11.6. The molecule has 5 nitrogen and oxygen atoms in total. The SMILES string of the molecule is Cc1cc(CNc2cc(C#N)ccc2OC(F)F)n(C)n1. The van der Waals surface area contributed by atoms with E-state index >= 15 is 0 Å². The van der Waals surface area contributed by atoms with Crippen molar-refractivity contribution in [1.29, 1.82) is 5.26 Å². The smallest absolute Gasteiger partial charge is 0.387 e. The van der Waals surface area contributed by atoms with E-state index in [2.05, 4.69) is 15.2 Å². The quantitative estimate of drug-likeness (QED) is 0.920. The maximum Gasteiger partial charge on any atom is 0.387 e. The summed E-state index contributed by atoms with van der Waals surface area (Å²) in [7, 11) is 1.80. The number of benzene rings is 1. The summed E-state index contributed by atoms with van der Waals surface area (Å²) in [5, 5.41) is 16.1. The van der Waals surface area contributed by atoms with E-state index in [0.29, 0.717) is 17.8 Å². The Morgan fingerprint density at radius 1 is 1.43 bits per heavy atom. The number of ether oxygens (including phenoxy) is 1. The molecule has 0 saturated carbocycles. The van der Waals surface area contributed by atoms with Crippen molar-refractivity contribution in [1.82, 2.24) is 9.78 Å². The lowest BCUT2D eigenvalue weighted by molar-refractivity contribution is -0.0493. The van der Waals surface area contributed by atoms with E-state index < -0.39 is 6.61 Å². The lowest BCUT2D eigenvalue weighted by atomic mass is 10.2. The molecule has 21 heavy (non-hydrogen) atoms. The zero-order chi connectivity index (χ0) is 15.4. The first-order chi connectivity index (χ1) is 9.99. The summed E-state index contributed by atoms with van der Waals surface area (Å²) in [5.41, 5.74) is 2.45. The highest BCUT2D eigenvalue weighted by Gasteiger charge is 2.11. The van der Waals surface area contributed by atoms with Crippen LogP contribution in [0.25, 0.3) is 0 Å². The number of anilines is 1. The summed E-state index contributed by atoms with van der Waals surface area (Å²) in [4.78, 5) is 0. The average molecular weight is 292 g/mol. The second kappa shape index (κ2) is 6.22. The van der Waals surface area contributed by atoms with Crippen LogP contribution in [0.5, 0.6) is 5.75 Å². The molecule has 0 aliphatic rings. The maximum atomic E-state index is 12.4. The van der Waals surface area contributed by atoms with Crippen LogP contribution >= 0.6 is 0 Å². The predicted octanol–water partition coefficient (Wildman–Crippen LogP) is 2.81. The second-order valence-corrected chi connectivity index (χ2v) is 4.46. The van der Waals surface area contributed by atoms with Crippen molar-refractivity contribution in [2.45, 2.75) is 20.1 Å². The van der Waals surface area contributed by atoms with Crippen LogP contribution in [0, 0.1) is 18.3 Å². The molecule has 7 heteroatoms. The summed E-state index contributed by atoms with van der Waals surface area (Å²) < 4.78 is 30.9. The number of hydrogen-bond donors (Lipinski definition) is 1. The van der Waals surface area contributed by atoms with Gasteiger partial charge in [0, 0.05) is 7.05 Å². The van der Waals surface area contributed by atoms with E-state index in [1.807, 2.05) is 19.1 Å². The van der Waals surface area contributed by atoms with Gasteiger partial charge in [-0.2, -0.15) is 19.1 Å². The van der Waals surface area contributed by atoms with Crippen LogP contribution in [0.3, 0.4) is 0 Å². The minimum absolute atomic E-state index is 0.00268. The number of nitriles is 1. The fourth-order valence-corrected chi connectivity index (χ4v) is 1.95. The third-order valence-corrected chi connectivity index (χ3v) is 2.88. The minimum Gasteiger partial charge on any atom is -0.433 e. The van der Waals surface area contributed by atoms with E-state index in [1.165, 1.54) is 18.2 Å². The average Bonchev–Trinajstić information content (AvgIpc) is 2.75. The summed E-state index contributed by atoms with van der Waals surface area (Å²) in [6, 6.07) is 8.09. The number of rotatable bonds is 5. The number of alkyl halides is 2. The predicted molar refractivity (Wildman–Crippen MR) is 73.1 cm³/mol. The van der Waals surface area contributed by atoms with Crippen molar-refractivity contribution in [3.63, 3.8) is 0 Å². The first-order valence-corrected chi connectivity index (χ1v) is 6.22. The standard InChI is InChI=1S/C14H14F2N4O/c1-9-5-11(20(2)19-9)8-18-12-6-10(7-17)3-4-13(12)21-14(15)16/h3-6,14,18H,8H2,1-2H3. The van der Waals surface area contributed by atoms with Gasteiger partial charge in [-0.1, -0.05) is 0 Å². The Kier molecular flexibility index (Phi) is 4.38. The summed E-state index contributed by atoms with van der Waals surface area (Å²) in [5.74, 6) is 0.00268. The van der Waals surface area contributed by atoms with Gasteiger partial charge in [0.25, 0.3) is 0 Å². The van der Waals surface area contributed by atoms with Gasteiger partial charge in [-0.3, -0.25) is 4.68 Å². The van der Waals surface area contributed by atoms with Crippen molar-refractivity contribution in [2.24, 2.45) is 7.05 Å². The number of hydrogen-bond acceptors (Lipinski definition) is 4. The Labute approximate surface area is 120 Å². The third-order valence-electron chi connectivity index (χ3n) is 2.88. The van der Waals surface area contributed by atoms with Crippen molar-refractivity contribution >= 4 is 5.69 Å². The molecule has 0 aliphatic carbocycles. The van der Waals surface area contributed by atoms with E-state index in [9.17, 15) is 8.78 Å². The van der Waals surface area contributed by atoms with Gasteiger partial charge in [0.05, 0.1) is 35.3 Å². The topological polar surface area (TPSA) is 62.9 Å². The lowest BCUT2D eigenvalue weighted by Gasteiger charge is -2.13. The monoisotopic (exact) mass is 292 g/mol. The largest absolute Gasteiger partial charge is 0.433 e. The van der Waals surface area contributed by atoms with E-state index in [0.717, 1.165) is 11.4 Å². The molecule has 0 atom stereocenters. The lowest BCUT2D eigenvalue weighted by Crippen LogP contribution is -2.09. The van der Waals surface area contributed by atoms with Gasteiger partial charge in [-0.15, -0.1) is 0 Å². The number of halogens is 2. The van der Waals surface area contributed by atoms with Crippen LogP contribution in [0.2, 0.25) is 0 Å². The first kappa shape index (κ1) is 14.8. The number of nitrogens with one attached hydrogen (secondary N) is 1. The molecule has 0 radical (unpaired) electrons. The van der Waals surface area contributed by atoms with Crippen LogP contribution in [0.1, 0.15) is 17.0 Å². The van der Waals surface area contributed by atoms with Gasteiger partial charge in [0.1, 0.15) is 5.75 Å². The summed E-state index contributed by atoms with van der Waals surface area (Å²) in [6.45, 7) is -0.672.